The molecule has 1 aromatic carbocycles. The summed E-state index contributed by atoms with van der Waals surface area (Å²) in [5.74, 6) is -0.299. The second-order valence-electron chi connectivity index (χ2n) is 5.76. The van der Waals surface area contributed by atoms with Crippen molar-refractivity contribution in [3.8, 4) is 5.75 Å². The Morgan fingerprint density at radius 1 is 1.55 bits per heavy atom. The van der Waals surface area contributed by atoms with Crippen LogP contribution < -0.4 is 10.5 Å². The predicted molar refractivity (Wildman–Crippen MR) is 71.9 cm³/mol. The number of ether oxygens (including phenoxy) is 2. The van der Waals surface area contributed by atoms with Gasteiger partial charge < -0.3 is 20.3 Å². The zero-order valence-corrected chi connectivity index (χ0v) is 11.5. The fourth-order valence-electron chi connectivity index (χ4n) is 3.63. The predicted octanol–water partition coefficient (Wildman–Crippen LogP) is 1.76. The lowest BCUT2D eigenvalue weighted by molar-refractivity contribution is -0.0265. The van der Waals surface area contributed by atoms with Gasteiger partial charge in [0.15, 0.2) is 11.6 Å². The monoisotopic (exact) mass is 281 g/mol. The summed E-state index contributed by atoms with van der Waals surface area (Å²) in [6.45, 7) is 0.336. The van der Waals surface area contributed by atoms with Crippen molar-refractivity contribution in [2.75, 3.05) is 13.7 Å². The molecule has 2 heterocycles. The summed E-state index contributed by atoms with van der Waals surface area (Å²) >= 11 is 0. The van der Waals surface area contributed by atoms with Crippen LogP contribution in [0.5, 0.6) is 5.75 Å². The molecular weight excluding hydrogens is 261 g/mol. The molecule has 5 heteroatoms. The number of methoxy groups -OCH3 is 1. The van der Waals surface area contributed by atoms with Gasteiger partial charge in [-0.25, -0.2) is 4.39 Å². The van der Waals surface area contributed by atoms with E-state index in [-0.39, 0.29) is 18.0 Å². The third kappa shape index (κ3) is 1.92. The van der Waals surface area contributed by atoms with E-state index in [1.165, 1.54) is 19.2 Å². The lowest BCUT2D eigenvalue weighted by Crippen LogP contribution is -2.44. The van der Waals surface area contributed by atoms with Crippen molar-refractivity contribution < 1.29 is 19.0 Å². The van der Waals surface area contributed by atoms with Crippen molar-refractivity contribution in [3.63, 3.8) is 0 Å². The molecule has 4 unspecified atom stereocenters. The maximum absolute atomic E-state index is 13.8. The highest BCUT2D eigenvalue weighted by Gasteiger charge is 2.55. The Kier molecular flexibility index (Phi) is 3.44. The molecule has 0 saturated carbocycles. The van der Waals surface area contributed by atoms with Gasteiger partial charge in [0.25, 0.3) is 0 Å². The molecule has 2 aliphatic rings. The summed E-state index contributed by atoms with van der Waals surface area (Å²) in [6.07, 6.45) is 2.01. The van der Waals surface area contributed by atoms with Crippen molar-refractivity contribution in [3.05, 3.63) is 29.6 Å². The summed E-state index contributed by atoms with van der Waals surface area (Å²) in [5.41, 5.74) is 5.97. The number of hydrogen-bond acceptors (Lipinski definition) is 4. The normalized spacial score (nSPS) is 33.4. The molecule has 20 heavy (non-hydrogen) atoms. The summed E-state index contributed by atoms with van der Waals surface area (Å²) in [6, 6.07) is 4.55. The van der Waals surface area contributed by atoms with Gasteiger partial charge in [-0.2, -0.15) is 0 Å². The van der Waals surface area contributed by atoms with E-state index >= 15 is 0 Å². The van der Waals surface area contributed by atoms with E-state index in [4.69, 9.17) is 15.2 Å². The van der Waals surface area contributed by atoms with Crippen LogP contribution in [0.1, 0.15) is 30.9 Å². The van der Waals surface area contributed by atoms with E-state index in [0.717, 1.165) is 19.3 Å². The average molecular weight is 281 g/mol. The van der Waals surface area contributed by atoms with E-state index in [1.54, 1.807) is 6.07 Å². The Morgan fingerprint density at radius 3 is 2.85 bits per heavy atom. The van der Waals surface area contributed by atoms with Crippen molar-refractivity contribution in [2.24, 2.45) is 11.1 Å². The first-order chi connectivity index (χ1) is 9.60. The number of halogens is 1. The van der Waals surface area contributed by atoms with Gasteiger partial charge in [-0.3, -0.25) is 0 Å². The van der Waals surface area contributed by atoms with Crippen molar-refractivity contribution in [1.29, 1.82) is 0 Å². The maximum atomic E-state index is 13.8. The lowest BCUT2D eigenvalue weighted by atomic mass is 9.68. The highest BCUT2D eigenvalue weighted by Crippen LogP contribution is 2.53. The molecule has 3 N–H and O–H groups in total. The highest BCUT2D eigenvalue weighted by atomic mass is 19.1. The van der Waals surface area contributed by atoms with Crippen LogP contribution in [0.3, 0.4) is 0 Å². The largest absolute Gasteiger partial charge is 0.494 e. The van der Waals surface area contributed by atoms with Gasteiger partial charge >= 0.3 is 0 Å². The number of rotatable bonds is 4. The molecule has 110 valence electrons. The Balaban J connectivity index is 1.91. The second kappa shape index (κ2) is 4.98. The second-order valence-corrected chi connectivity index (χ2v) is 5.76. The van der Waals surface area contributed by atoms with Crippen LogP contribution in [0, 0.1) is 11.2 Å². The SMILES string of the molecule is COc1ccc(C(O)C2(CN)CC3CCC2O3)cc1F. The third-order valence-corrected chi connectivity index (χ3v) is 4.77. The van der Waals surface area contributed by atoms with Crippen molar-refractivity contribution >= 4 is 0 Å². The van der Waals surface area contributed by atoms with Crippen LogP contribution in [0.15, 0.2) is 18.2 Å². The van der Waals surface area contributed by atoms with E-state index in [9.17, 15) is 9.50 Å². The third-order valence-electron chi connectivity index (χ3n) is 4.77. The fraction of sp³-hybridized carbons (Fsp3) is 0.600. The minimum Gasteiger partial charge on any atom is -0.494 e. The Labute approximate surface area is 117 Å². The quantitative estimate of drug-likeness (QED) is 0.882. The molecule has 0 aromatic heterocycles. The van der Waals surface area contributed by atoms with Crippen LogP contribution in [0.2, 0.25) is 0 Å². The minimum atomic E-state index is -0.816. The molecule has 4 atom stereocenters. The molecule has 4 nitrogen and oxygen atoms in total. The number of nitrogens with two attached hydrogens (primary N) is 1. The van der Waals surface area contributed by atoms with Gasteiger partial charge in [-0.05, 0) is 37.0 Å². The summed E-state index contributed by atoms with van der Waals surface area (Å²) < 4.78 is 24.6. The van der Waals surface area contributed by atoms with Crippen LogP contribution in [0.4, 0.5) is 4.39 Å². The number of benzene rings is 1. The summed E-state index contributed by atoms with van der Waals surface area (Å²) in [5, 5.41) is 10.7. The number of aliphatic hydroxyl groups is 1. The van der Waals surface area contributed by atoms with E-state index in [1.807, 2.05) is 0 Å². The van der Waals surface area contributed by atoms with Gasteiger partial charge in [0.2, 0.25) is 0 Å². The number of aliphatic hydroxyl groups excluding tert-OH is 1. The molecule has 0 aliphatic carbocycles. The highest BCUT2D eigenvalue weighted by molar-refractivity contribution is 5.32. The van der Waals surface area contributed by atoms with Crippen LogP contribution in [0.25, 0.3) is 0 Å². The molecular formula is C15H20FNO3. The maximum Gasteiger partial charge on any atom is 0.165 e. The molecule has 0 amide bonds. The van der Waals surface area contributed by atoms with Gasteiger partial charge in [0.1, 0.15) is 0 Å². The van der Waals surface area contributed by atoms with E-state index < -0.39 is 17.3 Å². The lowest BCUT2D eigenvalue weighted by Gasteiger charge is -2.38. The van der Waals surface area contributed by atoms with E-state index in [2.05, 4.69) is 0 Å². The molecule has 2 aliphatic heterocycles. The van der Waals surface area contributed by atoms with Crippen LogP contribution >= 0.6 is 0 Å². The molecule has 0 spiro atoms. The molecule has 2 fully saturated rings. The zero-order chi connectivity index (χ0) is 14.3. The minimum absolute atomic E-state index is 0.0299. The Hall–Kier alpha value is -1.17. The average Bonchev–Trinajstić information content (AvgIpc) is 3.07. The standard InChI is InChI=1S/C15H20FNO3/c1-19-12-4-2-9(6-11(12)16)14(18)15(8-17)7-10-3-5-13(15)20-10/h2,4,6,10,13-14,18H,3,5,7-8,17H2,1H3. The zero-order valence-electron chi connectivity index (χ0n) is 11.5. The van der Waals surface area contributed by atoms with Crippen LogP contribution in [-0.2, 0) is 4.74 Å². The molecule has 3 rings (SSSR count). The Morgan fingerprint density at radius 2 is 2.35 bits per heavy atom. The summed E-state index contributed by atoms with van der Waals surface area (Å²) in [7, 11) is 1.42. The van der Waals surface area contributed by atoms with Gasteiger partial charge in [0.05, 0.1) is 25.4 Å². The first kappa shape index (κ1) is 13.8. The van der Waals surface area contributed by atoms with Crippen LogP contribution in [-0.4, -0.2) is 31.0 Å². The van der Waals surface area contributed by atoms with Crippen molar-refractivity contribution in [1.82, 2.24) is 0 Å². The first-order valence-corrected chi connectivity index (χ1v) is 6.98. The van der Waals surface area contributed by atoms with Gasteiger partial charge in [-0.1, -0.05) is 6.07 Å². The smallest absolute Gasteiger partial charge is 0.165 e. The number of fused-ring (bicyclic) bond motifs is 2. The molecule has 1 aromatic rings. The van der Waals surface area contributed by atoms with E-state index in [0.29, 0.717) is 12.1 Å². The topological polar surface area (TPSA) is 64.7 Å². The first-order valence-electron chi connectivity index (χ1n) is 6.98. The fourth-order valence-corrected chi connectivity index (χ4v) is 3.63. The number of hydrogen-bond donors (Lipinski definition) is 2. The molecule has 0 radical (unpaired) electrons. The molecule has 2 bridgehead atoms. The molecule has 2 saturated heterocycles. The van der Waals surface area contributed by atoms with Gasteiger partial charge in [0, 0.05) is 12.0 Å². The van der Waals surface area contributed by atoms with Crippen molar-refractivity contribution in [2.45, 2.75) is 37.6 Å². The van der Waals surface area contributed by atoms with Gasteiger partial charge in [-0.15, -0.1) is 0 Å². The summed E-state index contributed by atoms with van der Waals surface area (Å²) in [4.78, 5) is 0. The Bertz CT molecular complexity index is 510.